The van der Waals surface area contributed by atoms with Gasteiger partial charge in [0.05, 0.1) is 30.4 Å². The molecule has 4 rings (SSSR count). The van der Waals surface area contributed by atoms with Crippen LogP contribution in [-0.4, -0.2) is 41.1 Å². The predicted octanol–water partition coefficient (Wildman–Crippen LogP) is 5.72. The average molecular weight is 530 g/mol. The molecule has 202 valence electrons. The molecule has 1 aliphatic heterocycles. The fourth-order valence-electron chi connectivity index (χ4n) is 4.63. The number of aromatic hydroxyl groups is 1. The highest BCUT2D eigenvalue weighted by Crippen LogP contribution is 2.43. The Morgan fingerprint density at radius 1 is 0.923 bits per heavy atom. The van der Waals surface area contributed by atoms with Crippen molar-refractivity contribution in [2.45, 2.75) is 39.7 Å². The smallest absolute Gasteiger partial charge is 0.338 e. The van der Waals surface area contributed by atoms with Crippen LogP contribution in [0.3, 0.4) is 0 Å². The van der Waals surface area contributed by atoms with Crippen LogP contribution in [0.4, 0.5) is 5.69 Å². The maximum atomic E-state index is 13.4. The van der Waals surface area contributed by atoms with E-state index in [1.54, 1.807) is 49.4 Å². The molecule has 0 aliphatic carbocycles. The van der Waals surface area contributed by atoms with E-state index in [4.69, 9.17) is 9.47 Å². The van der Waals surface area contributed by atoms with Crippen molar-refractivity contribution in [1.82, 2.24) is 0 Å². The SMILES string of the molecule is CCOC(=O)c1ccc(N2C(=O)C(=O)/C(=C(\O)c3ccc(OCC)c(C(C)C)c3)C2c2ccc(O)cc2)cc1. The fraction of sp³-hybridized carbons (Fsp3) is 0.258. The van der Waals surface area contributed by atoms with Crippen LogP contribution in [0.5, 0.6) is 11.5 Å². The number of anilines is 1. The Kier molecular flexibility index (Phi) is 8.04. The highest BCUT2D eigenvalue weighted by Gasteiger charge is 2.47. The number of esters is 1. The third kappa shape index (κ3) is 5.36. The Balaban J connectivity index is 1.87. The predicted molar refractivity (Wildman–Crippen MR) is 147 cm³/mol. The Hall–Kier alpha value is -4.59. The molecule has 8 nitrogen and oxygen atoms in total. The number of benzene rings is 3. The number of amides is 1. The summed E-state index contributed by atoms with van der Waals surface area (Å²) in [5.74, 6) is -1.72. The number of carbonyl (C=O) groups is 3. The number of phenols is 1. The van der Waals surface area contributed by atoms with Crippen molar-refractivity contribution >= 4 is 29.1 Å². The highest BCUT2D eigenvalue weighted by atomic mass is 16.5. The number of rotatable bonds is 8. The lowest BCUT2D eigenvalue weighted by atomic mass is 9.93. The molecular weight excluding hydrogens is 498 g/mol. The molecule has 1 aliphatic rings. The van der Waals surface area contributed by atoms with Gasteiger partial charge in [-0.15, -0.1) is 0 Å². The highest BCUT2D eigenvalue weighted by molar-refractivity contribution is 6.51. The summed E-state index contributed by atoms with van der Waals surface area (Å²) in [4.78, 5) is 40.3. The average Bonchev–Trinajstić information content (AvgIpc) is 3.19. The van der Waals surface area contributed by atoms with Crippen molar-refractivity contribution in [2.24, 2.45) is 0 Å². The van der Waals surface area contributed by atoms with E-state index in [0.717, 1.165) is 5.56 Å². The zero-order chi connectivity index (χ0) is 28.3. The second-order valence-electron chi connectivity index (χ2n) is 9.37. The number of hydrogen-bond donors (Lipinski definition) is 2. The van der Waals surface area contributed by atoms with E-state index in [0.29, 0.717) is 34.7 Å². The van der Waals surface area contributed by atoms with Gasteiger partial charge in [-0.2, -0.15) is 0 Å². The van der Waals surface area contributed by atoms with E-state index in [9.17, 15) is 24.6 Å². The van der Waals surface area contributed by atoms with Gasteiger partial charge in [0.2, 0.25) is 0 Å². The zero-order valence-corrected chi connectivity index (χ0v) is 22.3. The molecule has 0 bridgehead atoms. The molecule has 39 heavy (non-hydrogen) atoms. The largest absolute Gasteiger partial charge is 0.508 e. The summed E-state index contributed by atoms with van der Waals surface area (Å²) >= 11 is 0. The van der Waals surface area contributed by atoms with Crippen molar-refractivity contribution in [3.63, 3.8) is 0 Å². The number of ketones is 1. The summed E-state index contributed by atoms with van der Waals surface area (Å²) in [6.45, 7) is 8.29. The van der Waals surface area contributed by atoms with Gasteiger partial charge in [-0.3, -0.25) is 14.5 Å². The van der Waals surface area contributed by atoms with E-state index >= 15 is 0 Å². The van der Waals surface area contributed by atoms with E-state index in [-0.39, 0.29) is 29.6 Å². The molecule has 0 saturated carbocycles. The maximum Gasteiger partial charge on any atom is 0.338 e. The minimum absolute atomic E-state index is 0.0163. The van der Waals surface area contributed by atoms with Crippen LogP contribution in [0, 0.1) is 0 Å². The summed E-state index contributed by atoms with van der Waals surface area (Å²) in [5, 5.41) is 21.3. The molecule has 1 amide bonds. The number of hydrogen-bond acceptors (Lipinski definition) is 7. The van der Waals surface area contributed by atoms with Crippen LogP contribution in [0.1, 0.15) is 66.7 Å². The molecule has 0 radical (unpaired) electrons. The molecule has 1 fully saturated rings. The third-order valence-corrected chi connectivity index (χ3v) is 6.51. The number of aliphatic hydroxyl groups is 1. The molecule has 3 aromatic carbocycles. The fourth-order valence-corrected chi connectivity index (χ4v) is 4.63. The number of phenolic OH excluding ortho intramolecular Hbond substituents is 1. The van der Waals surface area contributed by atoms with Gasteiger partial charge in [-0.05, 0) is 85.5 Å². The van der Waals surface area contributed by atoms with Crippen molar-refractivity contribution < 1.29 is 34.1 Å². The Morgan fingerprint density at radius 2 is 1.56 bits per heavy atom. The molecule has 3 aromatic rings. The topological polar surface area (TPSA) is 113 Å². The first kappa shape index (κ1) is 27.4. The normalized spacial score (nSPS) is 16.5. The number of aliphatic hydroxyl groups excluding tert-OH is 1. The molecule has 8 heteroatoms. The van der Waals surface area contributed by atoms with Crippen molar-refractivity contribution in [3.8, 4) is 11.5 Å². The van der Waals surface area contributed by atoms with Crippen LogP contribution in [0.2, 0.25) is 0 Å². The van der Waals surface area contributed by atoms with Gasteiger partial charge in [-0.25, -0.2) is 4.79 Å². The number of Topliss-reactive ketones (excluding diaryl/α,β-unsaturated/α-hetero) is 1. The molecule has 0 spiro atoms. The Labute approximate surface area is 227 Å². The van der Waals surface area contributed by atoms with Crippen LogP contribution >= 0.6 is 0 Å². The summed E-state index contributed by atoms with van der Waals surface area (Å²) in [6.07, 6.45) is 0. The van der Waals surface area contributed by atoms with Crippen LogP contribution in [0.15, 0.2) is 72.3 Å². The Morgan fingerprint density at radius 3 is 2.15 bits per heavy atom. The Bertz CT molecular complexity index is 1420. The second-order valence-corrected chi connectivity index (χ2v) is 9.37. The minimum Gasteiger partial charge on any atom is -0.508 e. The minimum atomic E-state index is -0.979. The lowest BCUT2D eigenvalue weighted by Crippen LogP contribution is -2.29. The van der Waals surface area contributed by atoms with Crippen LogP contribution < -0.4 is 9.64 Å². The van der Waals surface area contributed by atoms with E-state index in [2.05, 4.69) is 0 Å². The van der Waals surface area contributed by atoms with Gasteiger partial charge in [0.25, 0.3) is 11.7 Å². The van der Waals surface area contributed by atoms with Gasteiger partial charge in [-0.1, -0.05) is 26.0 Å². The molecule has 1 atom stereocenters. The summed E-state index contributed by atoms with van der Waals surface area (Å²) in [7, 11) is 0. The second kappa shape index (κ2) is 11.4. The lowest BCUT2D eigenvalue weighted by Gasteiger charge is -2.25. The molecule has 1 unspecified atom stereocenters. The number of carbonyl (C=O) groups excluding carboxylic acids is 3. The first-order chi connectivity index (χ1) is 18.7. The lowest BCUT2D eigenvalue weighted by molar-refractivity contribution is -0.132. The van der Waals surface area contributed by atoms with Crippen LogP contribution in [0.25, 0.3) is 5.76 Å². The van der Waals surface area contributed by atoms with E-state index < -0.39 is 23.7 Å². The summed E-state index contributed by atoms with van der Waals surface area (Å²) in [6, 6.07) is 16.4. The molecule has 1 heterocycles. The van der Waals surface area contributed by atoms with Crippen LogP contribution in [-0.2, 0) is 14.3 Å². The van der Waals surface area contributed by atoms with Crippen molar-refractivity contribution in [3.05, 3.63) is 94.6 Å². The standard InChI is InChI=1S/C31H31NO7/c1-5-38-25-16-11-21(17-24(25)18(3)4)28(34)26-27(19-9-14-23(33)15-10-19)32(30(36)29(26)35)22-12-7-20(8-13-22)31(37)39-6-2/h7-18,27,33-34H,5-6H2,1-4H3/b28-26-. The molecule has 1 saturated heterocycles. The number of ether oxygens (including phenoxy) is 2. The van der Waals surface area contributed by atoms with Gasteiger partial charge in [0.15, 0.2) is 0 Å². The van der Waals surface area contributed by atoms with E-state index in [1.165, 1.54) is 29.2 Å². The quantitative estimate of drug-likeness (QED) is 0.166. The van der Waals surface area contributed by atoms with E-state index in [1.807, 2.05) is 20.8 Å². The first-order valence-electron chi connectivity index (χ1n) is 12.8. The van der Waals surface area contributed by atoms with Gasteiger partial charge in [0.1, 0.15) is 17.3 Å². The van der Waals surface area contributed by atoms with Crippen molar-refractivity contribution in [1.29, 1.82) is 0 Å². The summed E-state index contributed by atoms with van der Waals surface area (Å²) < 4.78 is 10.8. The maximum absolute atomic E-state index is 13.4. The molecule has 2 N–H and O–H groups in total. The number of nitrogens with zero attached hydrogens (tertiary/aromatic N) is 1. The summed E-state index contributed by atoms with van der Waals surface area (Å²) in [5.41, 5.74) is 2.32. The molecule has 0 aromatic heterocycles. The van der Waals surface area contributed by atoms with Crippen molar-refractivity contribution in [2.75, 3.05) is 18.1 Å². The zero-order valence-electron chi connectivity index (χ0n) is 22.3. The van der Waals surface area contributed by atoms with Gasteiger partial charge < -0.3 is 19.7 Å². The third-order valence-electron chi connectivity index (χ3n) is 6.51. The first-order valence-corrected chi connectivity index (χ1v) is 12.8. The molecular formula is C31H31NO7. The monoisotopic (exact) mass is 529 g/mol. The van der Waals surface area contributed by atoms with Gasteiger partial charge in [0, 0.05) is 11.3 Å². The van der Waals surface area contributed by atoms with Gasteiger partial charge >= 0.3 is 5.97 Å².